The van der Waals surface area contributed by atoms with Crippen molar-refractivity contribution < 1.29 is 31.2 Å². The molecule has 0 bridgehead atoms. The lowest BCUT2D eigenvalue weighted by Gasteiger charge is -2.34. The Morgan fingerprint density at radius 2 is 1.47 bits per heavy atom. The molecule has 0 aliphatic carbocycles. The molecule has 0 radical (unpaired) electrons. The summed E-state index contributed by atoms with van der Waals surface area (Å²) in [5.74, 6) is -1.21. The Labute approximate surface area is 274 Å². The highest BCUT2D eigenvalue weighted by molar-refractivity contribution is 7.92. The molecule has 4 aromatic carbocycles. The third-order valence-electron chi connectivity index (χ3n) is 7.65. The zero-order chi connectivity index (χ0) is 34.4. The number of carbonyl (C=O) groups excluding carboxylic acids is 2. The Morgan fingerprint density at radius 1 is 0.830 bits per heavy atom. The highest BCUT2D eigenvalue weighted by atomic mass is 32.2. The minimum absolute atomic E-state index is 0.0461. The Balaban J connectivity index is 1.86. The van der Waals surface area contributed by atoms with Gasteiger partial charge in [-0.1, -0.05) is 78.4 Å². The van der Waals surface area contributed by atoms with Crippen molar-refractivity contribution in [1.29, 1.82) is 0 Å². The summed E-state index contributed by atoms with van der Waals surface area (Å²) in [6.45, 7) is 6.29. The summed E-state index contributed by atoms with van der Waals surface area (Å²) in [4.78, 5) is 29.4. The monoisotopic (exact) mass is 665 g/mol. The van der Waals surface area contributed by atoms with Crippen molar-refractivity contribution in [2.45, 2.75) is 63.8 Å². The van der Waals surface area contributed by atoms with Crippen molar-refractivity contribution in [2.75, 3.05) is 10.8 Å². The van der Waals surface area contributed by atoms with Crippen LogP contribution >= 0.6 is 0 Å². The summed E-state index contributed by atoms with van der Waals surface area (Å²) in [7, 11) is -4.55. The van der Waals surface area contributed by atoms with Gasteiger partial charge in [-0.05, 0) is 74.7 Å². The van der Waals surface area contributed by atoms with Gasteiger partial charge in [0.2, 0.25) is 11.8 Å². The molecule has 47 heavy (non-hydrogen) atoms. The van der Waals surface area contributed by atoms with Crippen molar-refractivity contribution in [2.24, 2.45) is 0 Å². The van der Waals surface area contributed by atoms with Crippen LogP contribution in [0.15, 0.2) is 108 Å². The fraction of sp³-hybridized carbons (Fsp3) is 0.278. The molecule has 1 unspecified atom stereocenters. The van der Waals surface area contributed by atoms with Crippen LogP contribution in [0, 0.1) is 13.8 Å². The van der Waals surface area contributed by atoms with E-state index in [1.807, 2.05) is 55.5 Å². The van der Waals surface area contributed by atoms with Crippen LogP contribution < -0.4 is 9.62 Å². The number of alkyl halides is 3. The van der Waals surface area contributed by atoms with Crippen molar-refractivity contribution in [3.05, 3.63) is 131 Å². The van der Waals surface area contributed by atoms with Gasteiger partial charge in [0, 0.05) is 19.0 Å². The lowest BCUT2D eigenvalue weighted by Crippen LogP contribution is -2.54. The van der Waals surface area contributed by atoms with E-state index >= 15 is 0 Å². The number of amides is 2. The van der Waals surface area contributed by atoms with Gasteiger partial charge in [0.15, 0.2) is 0 Å². The van der Waals surface area contributed by atoms with Crippen molar-refractivity contribution in [3.63, 3.8) is 0 Å². The fourth-order valence-corrected chi connectivity index (χ4v) is 6.52. The molecule has 2 amide bonds. The molecule has 248 valence electrons. The van der Waals surface area contributed by atoms with Gasteiger partial charge in [-0.15, -0.1) is 0 Å². The smallest absolute Gasteiger partial charge is 0.352 e. The maximum Gasteiger partial charge on any atom is 0.416 e. The zero-order valence-electron chi connectivity index (χ0n) is 26.7. The van der Waals surface area contributed by atoms with E-state index < -0.39 is 46.2 Å². The number of hydrogen-bond donors (Lipinski definition) is 1. The van der Waals surface area contributed by atoms with Crippen LogP contribution in [0.25, 0.3) is 0 Å². The van der Waals surface area contributed by atoms with E-state index in [2.05, 4.69) is 5.32 Å². The van der Waals surface area contributed by atoms with E-state index in [4.69, 9.17) is 0 Å². The molecule has 0 spiro atoms. The number of halogens is 3. The minimum atomic E-state index is -4.76. The number of sulfonamides is 1. The van der Waals surface area contributed by atoms with Gasteiger partial charge in [-0.2, -0.15) is 13.2 Å². The van der Waals surface area contributed by atoms with Crippen LogP contribution in [-0.2, 0) is 38.8 Å². The molecule has 0 aliphatic heterocycles. The Morgan fingerprint density at radius 3 is 2.09 bits per heavy atom. The predicted molar refractivity (Wildman–Crippen MR) is 176 cm³/mol. The zero-order valence-corrected chi connectivity index (χ0v) is 27.5. The SMILES string of the molecule is Cc1ccc(S(=O)(=O)N(CC(=O)N(Cc2ccccc2C)C(Cc2ccccc2)C(=O)NC(C)C)c2cccc(C(F)(F)F)c2)cc1. The molecule has 1 N–H and O–H groups in total. The number of carbonyl (C=O) groups is 2. The lowest BCUT2D eigenvalue weighted by molar-refractivity contribution is -0.140. The highest BCUT2D eigenvalue weighted by Gasteiger charge is 2.36. The molecular weight excluding hydrogens is 627 g/mol. The maximum absolute atomic E-state index is 14.5. The average Bonchev–Trinajstić information content (AvgIpc) is 3.02. The minimum Gasteiger partial charge on any atom is -0.352 e. The average molecular weight is 666 g/mol. The van der Waals surface area contributed by atoms with Crippen LogP contribution in [-0.4, -0.2) is 43.8 Å². The van der Waals surface area contributed by atoms with Crippen LogP contribution in [0.4, 0.5) is 18.9 Å². The molecule has 0 saturated heterocycles. The maximum atomic E-state index is 14.5. The van der Waals surface area contributed by atoms with Crippen LogP contribution in [0.5, 0.6) is 0 Å². The summed E-state index contributed by atoms with van der Waals surface area (Å²) in [6.07, 6.45) is -4.64. The molecular formula is C36H38F3N3O4S. The summed E-state index contributed by atoms with van der Waals surface area (Å²) >= 11 is 0. The van der Waals surface area contributed by atoms with E-state index in [0.29, 0.717) is 10.4 Å². The number of nitrogens with zero attached hydrogens (tertiary/aromatic N) is 2. The second-order valence-electron chi connectivity index (χ2n) is 11.7. The van der Waals surface area contributed by atoms with Gasteiger partial charge in [0.25, 0.3) is 10.0 Å². The molecule has 7 nitrogen and oxygen atoms in total. The third kappa shape index (κ3) is 9.00. The van der Waals surface area contributed by atoms with E-state index in [1.165, 1.54) is 23.1 Å². The molecule has 0 heterocycles. The van der Waals surface area contributed by atoms with Gasteiger partial charge in [0.05, 0.1) is 16.1 Å². The molecule has 0 saturated carbocycles. The number of hydrogen-bond acceptors (Lipinski definition) is 4. The summed E-state index contributed by atoms with van der Waals surface area (Å²) < 4.78 is 70.3. The molecule has 0 fully saturated rings. The van der Waals surface area contributed by atoms with Crippen LogP contribution in [0.2, 0.25) is 0 Å². The van der Waals surface area contributed by atoms with Crippen molar-refractivity contribution >= 4 is 27.5 Å². The number of rotatable bonds is 12. The number of aryl methyl sites for hydroxylation is 2. The first kappa shape index (κ1) is 35.2. The van der Waals surface area contributed by atoms with E-state index in [9.17, 15) is 31.2 Å². The summed E-state index contributed by atoms with van der Waals surface area (Å²) in [6, 6.07) is 24.7. The molecule has 0 aromatic heterocycles. The first-order valence-corrected chi connectivity index (χ1v) is 16.6. The Kier molecular flexibility index (Phi) is 11.1. The van der Waals surface area contributed by atoms with Gasteiger partial charge in [-0.25, -0.2) is 8.42 Å². The summed E-state index contributed by atoms with van der Waals surface area (Å²) in [5.41, 5.74) is 1.70. The van der Waals surface area contributed by atoms with Crippen molar-refractivity contribution in [1.82, 2.24) is 10.2 Å². The lowest BCUT2D eigenvalue weighted by atomic mass is 10.0. The second-order valence-corrected chi connectivity index (χ2v) is 13.6. The fourth-order valence-electron chi connectivity index (χ4n) is 5.11. The number of benzene rings is 4. The second kappa shape index (κ2) is 14.8. The summed E-state index contributed by atoms with van der Waals surface area (Å²) in [5, 5.41) is 2.88. The molecule has 0 aliphatic rings. The van der Waals surface area contributed by atoms with Crippen molar-refractivity contribution in [3.8, 4) is 0 Å². The Bertz CT molecular complexity index is 1790. The van der Waals surface area contributed by atoms with Gasteiger partial charge >= 0.3 is 6.18 Å². The van der Waals surface area contributed by atoms with Gasteiger partial charge < -0.3 is 10.2 Å². The van der Waals surface area contributed by atoms with Gasteiger partial charge in [0.1, 0.15) is 12.6 Å². The first-order valence-electron chi connectivity index (χ1n) is 15.1. The standard InChI is InChI=1S/C36H38F3N3O4S/c1-25(2)40-35(44)33(21-28-12-6-5-7-13-28)41(23-29-14-9-8-11-27(29)4)34(43)24-42(31-16-10-15-30(22-31)36(37,38)39)47(45,46)32-19-17-26(3)18-20-32/h5-20,22,25,33H,21,23-24H2,1-4H3,(H,40,44). The Hall–Kier alpha value is -4.64. The van der Waals surface area contributed by atoms with E-state index in [1.54, 1.807) is 39.0 Å². The van der Waals surface area contributed by atoms with Gasteiger partial charge in [-0.3, -0.25) is 13.9 Å². The quantitative estimate of drug-likeness (QED) is 0.183. The van der Waals surface area contributed by atoms with Crippen LogP contribution in [0.1, 0.15) is 41.7 Å². The van der Waals surface area contributed by atoms with E-state index in [0.717, 1.165) is 34.4 Å². The first-order chi connectivity index (χ1) is 22.2. The molecule has 4 rings (SSSR count). The normalized spacial score (nSPS) is 12.4. The third-order valence-corrected chi connectivity index (χ3v) is 9.44. The predicted octanol–water partition coefficient (Wildman–Crippen LogP) is 6.68. The number of nitrogens with one attached hydrogen (secondary N) is 1. The highest BCUT2D eigenvalue weighted by Crippen LogP contribution is 2.33. The number of anilines is 1. The van der Waals surface area contributed by atoms with E-state index in [-0.39, 0.29) is 29.6 Å². The topological polar surface area (TPSA) is 86.8 Å². The van der Waals surface area contributed by atoms with Crippen LogP contribution in [0.3, 0.4) is 0 Å². The molecule has 1 atom stereocenters. The molecule has 4 aromatic rings. The largest absolute Gasteiger partial charge is 0.416 e. The molecule has 11 heteroatoms.